The highest BCUT2D eigenvalue weighted by Gasteiger charge is 2.56. The number of carbonyl (C=O) groups is 6. The highest BCUT2D eigenvalue weighted by Crippen LogP contribution is 2.44. The Balaban J connectivity index is 1.63. The molecule has 4 rings (SSSR count). The van der Waals surface area contributed by atoms with Crippen LogP contribution in [0.3, 0.4) is 0 Å². The van der Waals surface area contributed by atoms with Gasteiger partial charge in [-0.2, -0.15) is 0 Å². The summed E-state index contributed by atoms with van der Waals surface area (Å²) < 4.78 is 39.2. The summed E-state index contributed by atoms with van der Waals surface area (Å²) in [6.45, 7) is 8.38. The molecule has 14 nitrogen and oxygen atoms in total. The molecular formula is C36H43NO13. The number of fused-ring (bicyclic) bond motifs is 3. The lowest BCUT2D eigenvalue weighted by molar-refractivity contribution is -0.261. The molecule has 0 radical (unpaired) electrons. The minimum atomic E-state index is -1.55. The zero-order chi connectivity index (χ0) is 36.7. The average molecular weight is 698 g/mol. The van der Waals surface area contributed by atoms with E-state index in [1.165, 1.54) is 0 Å². The van der Waals surface area contributed by atoms with Crippen LogP contribution in [-0.4, -0.2) is 91.8 Å². The van der Waals surface area contributed by atoms with Crippen LogP contribution in [0.15, 0.2) is 48.5 Å². The highest BCUT2D eigenvalue weighted by molar-refractivity contribution is 5.79. The van der Waals surface area contributed by atoms with Crippen molar-refractivity contribution < 1.29 is 61.9 Å². The second-order valence-electron chi connectivity index (χ2n) is 13.0. The summed E-state index contributed by atoms with van der Waals surface area (Å²) in [5.41, 5.74) is 3.10. The summed E-state index contributed by atoms with van der Waals surface area (Å²) in [7, 11) is 0. The summed E-state index contributed by atoms with van der Waals surface area (Å²) in [5.74, 6) is -5.67. The van der Waals surface area contributed by atoms with E-state index in [1.807, 2.05) is 48.5 Å². The van der Waals surface area contributed by atoms with Crippen LogP contribution in [-0.2, 0) is 57.1 Å². The molecule has 1 heterocycles. The van der Waals surface area contributed by atoms with Crippen molar-refractivity contribution in [2.75, 3.05) is 19.8 Å². The quantitative estimate of drug-likeness (QED) is 0.266. The van der Waals surface area contributed by atoms with Crippen LogP contribution in [0.1, 0.15) is 65.5 Å². The topological polar surface area (TPSA) is 179 Å². The van der Waals surface area contributed by atoms with Gasteiger partial charge < -0.3 is 38.5 Å². The van der Waals surface area contributed by atoms with Gasteiger partial charge in [-0.15, -0.1) is 0 Å². The molecule has 1 aliphatic carbocycles. The van der Waals surface area contributed by atoms with Gasteiger partial charge in [0.15, 0.2) is 18.3 Å². The van der Waals surface area contributed by atoms with Gasteiger partial charge in [0, 0.05) is 40.2 Å². The minimum absolute atomic E-state index is 0.00395. The van der Waals surface area contributed by atoms with Crippen molar-refractivity contribution in [3.63, 3.8) is 0 Å². The van der Waals surface area contributed by atoms with Crippen LogP contribution >= 0.6 is 0 Å². The van der Waals surface area contributed by atoms with Crippen LogP contribution in [0, 0.1) is 5.92 Å². The van der Waals surface area contributed by atoms with E-state index in [0.717, 1.165) is 49.9 Å². The minimum Gasteiger partial charge on any atom is -0.463 e. The SMILES string of the molecule is CC(=O)OC[C@H]1O[C@@H]([C@@H](CNC(=O)OCC2c3ccccc3-c3ccccc32)C(=O)OC(C)(C)C)[C@H](OC(C)=O)[C@@H](OC(C)=O)[C@@H]1OC(C)=O. The number of esters is 5. The van der Waals surface area contributed by atoms with Crippen molar-refractivity contribution in [2.45, 2.75) is 90.5 Å². The van der Waals surface area contributed by atoms with E-state index >= 15 is 0 Å². The van der Waals surface area contributed by atoms with Crippen molar-refractivity contribution in [3.05, 3.63) is 59.7 Å². The summed E-state index contributed by atoms with van der Waals surface area (Å²) in [6, 6.07) is 15.7. The molecule has 6 atom stereocenters. The summed E-state index contributed by atoms with van der Waals surface area (Å²) >= 11 is 0. The van der Waals surface area contributed by atoms with Crippen LogP contribution in [0.4, 0.5) is 4.79 Å². The molecule has 1 fully saturated rings. The van der Waals surface area contributed by atoms with E-state index in [1.54, 1.807) is 20.8 Å². The Labute approximate surface area is 290 Å². The zero-order valence-electron chi connectivity index (χ0n) is 29.1. The fourth-order valence-electron chi connectivity index (χ4n) is 6.14. The average Bonchev–Trinajstić information content (AvgIpc) is 3.33. The normalized spacial score (nSPS) is 21.8. The largest absolute Gasteiger partial charge is 0.463 e. The van der Waals surface area contributed by atoms with E-state index in [0.29, 0.717) is 0 Å². The van der Waals surface area contributed by atoms with Crippen molar-refractivity contribution in [3.8, 4) is 11.1 Å². The molecule has 0 bridgehead atoms. The van der Waals surface area contributed by atoms with E-state index in [4.69, 9.17) is 33.2 Å². The predicted octanol–water partition coefficient (Wildman–Crippen LogP) is 3.61. The maximum atomic E-state index is 13.8. The van der Waals surface area contributed by atoms with Crippen molar-refractivity contribution >= 4 is 35.9 Å². The Morgan fingerprint density at radius 3 is 1.74 bits per heavy atom. The number of benzene rings is 2. The van der Waals surface area contributed by atoms with E-state index in [2.05, 4.69) is 5.32 Å². The zero-order valence-corrected chi connectivity index (χ0v) is 29.1. The monoisotopic (exact) mass is 697 g/mol. The van der Waals surface area contributed by atoms with Gasteiger partial charge in [-0.3, -0.25) is 24.0 Å². The van der Waals surface area contributed by atoms with Crippen molar-refractivity contribution in [1.82, 2.24) is 5.32 Å². The molecule has 0 unspecified atom stereocenters. The van der Waals surface area contributed by atoms with Crippen LogP contribution < -0.4 is 5.32 Å². The highest BCUT2D eigenvalue weighted by atomic mass is 16.7. The Kier molecular flexibility index (Phi) is 12.2. The molecule has 2 aromatic rings. The van der Waals surface area contributed by atoms with Gasteiger partial charge in [0.25, 0.3) is 0 Å². The fraction of sp³-hybridized carbons (Fsp3) is 0.500. The number of rotatable bonds is 11. The van der Waals surface area contributed by atoms with Crippen LogP contribution in [0.5, 0.6) is 0 Å². The second kappa shape index (κ2) is 16.2. The fourth-order valence-corrected chi connectivity index (χ4v) is 6.14. The second-order valence-corrected chi connectivity index (χ2v) is 13.0. The van der Waals surface area contributed by atoms with E-state index < -0.39 is 91.1 Å². The molecule has 0 saturated carbocycles. The molecule has 0 spiro atoms. The lowest BCUT2D eigenvalue weighted by atomic mass is 9.86. The molecule has 50 heavy (non-hydrogen) atoms. The molecular weight excluding hydrogens is 654 g/mol. The molecule has 0 aromatic heterocycles. The summed E-state index contributed by atoms with van der Waals surface area (Å²) in [6.07, 6.45) is -8.12. The molecule has 1 amide bonds. The molecule has 270 valence electrons. The number of carbonyl (C=O) groups excluding carboxylic acids is 6. The Bertz CT molecular complexity index is 1550. The first kappa shape index (κ1) is 37.8. The van der Waals surface area contributed by atoms with Gasteiger partial charge in [0.1, 0.15) is 36.9 Å². The van der Waals surface area contributed by atoms with Crippen LogP contribution in [0.2, 0.25) is 0 Å². The lowest BCUT2D eigenvalue weighted by Crippen LogP contribution is -2.65. The van der Waals surface area contributed by atoms with E-state index in [-0.39, 0.29) is 12.5 Å². The summed E-state index contributed by atoms with van der Waals surface area (Å²) in [4.78, 5) is 75.6. The smallest absolute Gasteiger partial charge is 0.407 e. The number of alkyl carbamates (subject to hydrolysis) is 1. The third kappa shape index (κ3) is 9.59. The number of hydrogen-bond acceptors (Lipinski definition) is 13. The number of nitrogens with one attached hydrogen (secondary N) is 1. The molecule has 1 aliphatic heterocycles. The van der Waals surface area contributed by atoms with Crippen LogP contribution in [0.25, 0.3) is 11.1 Å². The third-order valence-corrected chi connectivity index (χ3v) is 7.94. The van der Waals surface area contributed by atoms with Gasteiger partial charge in [-0.1, -0.05) is 48.5 Å². The van der Waals surface area contributed by atoms with Gasteiger partial charge in [0.05, 0.1) is 0 Å². The first-order chi connectivity index (χ1) is 23.6. The number of ether oxygens (including phenoxy) is 7. The van der Waals surface area contributed by atoms with Gasteiger partial charge in [-0.05, 0) is 43.0 Å². The van der Waals surface area contributed by atoms with Gasteiger partial charge >= 0.3 is 35.9 Å². The Morgan fingerprint density at radius 1 is 0.700 bits per heavy atom. The van der Waals surface area contributed by atoms with Crippen molar-refractivity contribution in [1.29, 1.82) is 0 Å². The third-order valence-electron chi connectivity index (χ3n) is 7.94. The lowest BCUT2D eigenvalue weighted by Gasteiger charge is -2.46. The molecule has 2 aliphatic rings. The first-order valence-corrected chi connectivity index (χ1v) is 16.2. The van der Waals surface area contributed by atoms with Gasteiger partial charge in [-0.25, -0.2) is 4.79 Å². The standard InChI is InChI=1S/C36H43NO13/c1-19(38)44-18-29-31(46-20(2)39)33(48-22(4)41)32(47-21(3)40)30(49-29)27(34(42)50-36(5,6)7)16-37-35(43)45-17-28-25-14-10-8-12-23(25)24-13-9-11-15-26(24)28/h8-15,27-33H,16-18H2,1-7H3,(H,37,43)/t27-,29-,30+,31-,32+,33+/m1/s1. The maximum absolute atomic E-state index is 13.8. The predicted molar refractivity (Wildman–Crippen MR) is 174 cm³/mol. The molecule has 1 N–H and O–H groups in total. The van der Waals surface area contributed by atoms with Crippen molar-refractivity contribution in [2.24, 2.45) is 5.92 Å². The number of hydrogen-bond donors (Lipinski definition) is 1. The molecule has 14 heteroatoms. The Morgan fingerprint density at radius 2 is 1.22 bits per heavy atom. The maximum Gasteiger partial charge on any atom is 0.407 e. The molecule has 1 saturated heterocycles. The number of amides is 1. The Hall–Kier alpha value is -4.98. The van der Waals surface area contributed by atoms with E-state index in [9.17, 15) is 28.8 Å². The van der Waals surface area contributed by atoms with Gasteiger partial charge in [0.2, 0.25) is 0 Å². The summed E-state index contributed by atoms with van der Waals surface area (Å²) in [5, 5.41) is 2.60. The first-order valence-electron chi connectivity index (χ1n) is 16.2. The molecule has 2 aromatic carbocycles.